The van der Waals surface area contributed by atoms with Gasteiger partial charge in [0.2, 0.25) is 0 Å². The molecule has 3 aromatic carbocycles. The summed E-state index contributed by atoms with van der Waals surface area (Å²) >= 11 is 4.58. The zero-order valence-corrected chi connectivity index (χ0v) is 22.2. The Morgan fingerprint density at radius 2 is 1.31 bits per heavy atom. The van der Waals surface area contributed by atoms with Crippen LogP contribution in [0.25, 0.3) is 0 Å². The van der Waals surface area contributed by atoms with E-state index in [0.29, 0.717) is 13.0 Å². The van der Waals surface area contributed by atoms with Crippen molar-refractivity contribution in [2.24, 2.45) is 5.92 Å². The monoisotopic (exact) mass is 544 g/mol. The van der Waals surface area contributed by atoms with Gasteiger partial charge in [0, 0.05) is 0 Å². The number of carbonyl (C=O) groups excluding carboxylic acids is 1. The van der Waals surface area contributed by atoms with Gasteiger partial charge in [0.05, 0.1) is 0 Å². The molecule has 0 aromatic heterocycles. The predicted octanol–water partition coefficient (Wildman–Crippen LogP) is 6.94. The Morgan fingerprint density at radius 3 is 1.83 bits per heavy atom. The van der Waals surface area contributed by atoms with Crippen LogP contribution in [0.2, 0.25) is 0 Å². The van der Waals surface area contributed by atoms with Gasteiger partial charge in [0.1, 0.15) is 0 Å². The number of carbonyl (C=O) groups is 1. The fourth-order valence-corrected chi connectivity index (χ4v) is 14.0. The number of allylic oxidation sites excluding steroid dienone is 6. The molecule has 0 fully saturated rings. The fourth-order valence-electron chi connectivity index (χ4n) is 5.45. The first-order valence-electron chi connectivity index (χ1n) is 12.3. The van der Waals surface area contributed by atoms with Gasteiger partial charge in [-0.15, -0.1) is 0 Å². The van der Waals surface area contributed by atoms with Crippen molar-refractivity contribution in [2.45, 2.75) is 25.7 Å². The van der Waals surface area contributed by atoms with Crippen LogP contribution in [0.3, 0.4) is 0 Å². The van der Waals surface area contributed by atoms with Crippen LogP contribution in [0.5, 0.6) is 0 Å². The Bertz CT molecular complexity index is 1180. The summed E-state index contributed by atoms with van der Waals surface area (Å²) in [4.78, 5) is 12.2. The van der Waals surface area contributed by atoms with Gasteiger partial charge in [-0.3, -0.25) is 0 Å². The molecule has 178 valence electrons. The molecule has 5 rings (SSSR count). The molecular weight excluding hydrogens is 515 g/mol. The van der Waals surface area contributed by atoms with Crippen LogP contribution in [0, 0.1) is 5.92 Å². The normalized spacial score (nSPS) is 18.9. The summed E-state index contributed by atoms with van der Waals surface area (Å²) in [6.45, 7) is 0.533. The maximum absolute atomic E-state index is 12.2. The molecule has 0 N–H and O–H groups in total. The molecule has 0 spiro atoms. The van der Waals surface area contributed by atoms with E-state index in [1.54, 1.807) is 6.08 Å². The van der Waals surface area contributed by atoms with E-state index in [2.05, 4.69) is 106 Å². The third-order valence-electron chi connectivity index (χ3n) is 7.16. The Hall–Kier alpha value is -2.74. The van der Waals surface area contributed by atoms with Gasteiger partial charge in [-0.1, -0.05) is 0 Å². The van der Waals surface area contributed by atoms with E-state index in [1.807, 2.05) is 18.2 Å². The van der Waals surface area contributed by atoms with E-state index in [1.165, 1.54) is 21.2 Å². The van der Waals surface area contributed by atoms with Crippen LogP contribution in [0.4, 0.5) is 0 Å². The molecule has 0 radical (unpaired) electrons. The van der Waals surface area contributed by atoms with Crippen LogP contribution in [-0.2, 0) is 9.53 Å². The molecule has 0 saturated heterocycles. The third kappa shape index (κ3) is 4.15. The number of ketones is 1. The first kappa shape index (κ1) is 24.0. The number of hydrogen-bond acceptors (Lipinski definition) is 2. The van der Waals surface area contributed by atoms with Gasteiger partial charge in [-0.2, -0.15) is 0 Å². The van der Waals surface area contributed by atoms with Crippen LogP contribution in [-0.4, -0.2) is 12.4 Å². The fraction of sp³-hybridized carbons (Fsp3) is 0.194. The third-order valence-corrected chi connectivity index (χ3v) is 17.4. The number of hydrogen-bond donors (Lipinski definition) is 0. The minimum atomic E-state index is -3.21. The van der Waals surface area contributed by atoms with Crippen LogP contribution in [0.1, 0.15) is 25.7 Å². The Kier molecular flexibility index (Phi) is 6.91. The average Bonchev–Trinajstić information content (AvgIpc) is 3.40. The summed E-state index contributed by atoms with van der Waals surface area (Å²) < 4.78 is 6.57. The van der Waals surface area contributed by atoms with E-state index in [4.69, 9.17) is 4.74 Å². The second-order valence-corrected chi connectivity index (χ2v) is 17.5. The number of benzene rings is 3. The van der Waals surface area contributed by atoms with E-state index in [0.717, 1.165) is 25.0 Å². The molecule has 1 atom stereocenters. The van der Waals surface area contributed by atoms with Crippen molar-refractivity contribution in [3.8, 4) is 0 Å². The molecule has 4 heteroatoms. The first-order chi connectivity index (χ1) is 17.1. The summed E-state index contributed by atoms with van der Waals surface area (Å²) in [6, 6.07) is 32.6. The SMILES string of the molecule is O=C1C=CC=CC1CCOC1=C(P(Br)(c2ccccc2)(c2ccccc2)c2ccccc2)CCC1. The first-order valence-corrected chi connectivity index (χ1v) is 16.5. The van der Waals surface area contributed by atoms with Crippen molar-refractivity contribution in [2.75, 3.05) is 6.61 Å². The van der Waals surface area contributed by atoms with Crippen molar-refractivity contribution < 1.29 is 9.53 Å². The van der Waals surface area contributed by atoms with Crippen molar-refractivity contribution in [1.29, 1.82) is 0 Å². The molecule has 1 unspecified atom stereocenters. The number of rotatable bonds is 8. The molecule has 2 aliphatic carbocycles. The molecule has 0 aliphatic heterocycles. The van der Waals surface area contributed by atoms with Crippen molar-refractivity contribution in [3.05, 3.63) is 126 Å². The molecule has 3 aromatic rings. The van der Waals surface area contributed by atoms with Crippen molar-refractivity contribution in [1.82, 2.24) is 0 Å². The van der Waals surface area contributed by atoms with E-state index in [9.17, 15) is 4.79 Å². The van der Waals surface area contributed by atoms with Gasteiger partial charge in [0.15, 0.2) is 0 Å². The van der Waals surface area contributed by atoms with Gasteiger partial charge in [0.25, 0.3) is 0 Å². The topological polar surface area (TPSA) is 26.3 Å². The van der Waals surface area contributed by atoms with Crippen LogP contribution >= 0.6 is 20.8 Å². The van der Waals surface area contributed by atoms with E-state index in [-0.39, 0.29) is 11.7 Å². The van der Waals surface area contributed by atoms with Gasteiger partial charge < -0.3 is 0 Å². The summed E-state index contributed by atoms with van der Waals surface area (Å²) in [6.07, 6.45) is 11.1. The van der Waals surface area contributed by atoms with E-state index >= 15 is 0 Å². The second kappa shape index (κ2) is 10.1. The summed E-state index contributed by atoms with van der Waals surface area (Å²) in [5.74, 6) is 1.15. The molecule has 0 amide bonds. The summed E-state index contributed by atoms with van der Waals surface area (Å²) in [7, 11) is 0. The standard InChI is InChI=1S/C31H30BrO2P/c32-35(26-14-4-1-5-15-26,27-16-6-2-7-17-27,28-18-8-3-9-19-28)31-22-12-21-30(31)34-24-23-25-13-10-11-20-29(25)33/h1-11,13-20,25H,12,21-24H2. The molecule has 0 bridgehead atoms. The molecule has 0 saturated carbocycles. The Labute approximate surface area is 216 Å². The van der Waals surface area contributed by atoms with Crippen molar-refractivity contribution in [3.63, 3.8) is 0 Å². The zero-order valence-electron chi connectivity index (χ0n) is 19.7. The average molecular weight is 545 g/mol. The molecule has 35 heavy (non-hydrogen) atoms. The van der Waals surface area contributed by atoms with Crippen LogP contribution < -0.4 is 15.9 Å². The molecule has 2 nitrogen and oxygen atoms in total. The second-order valence-electron chi connectivity index (χ2n) is 9.13. The van der Waals surface area contributed by atoms with Crippen molar-refractivity contribution >= 4 is 42.5 Å². The number of ether oxygens (including phenoxy) is 1. The zero-order chi connectivity index (χ0) is 24.2. The predicted molar refractivity (Wildman–Crippen MR) is 152 cm³/mol. The van der Waals surface area contributed by atoms with Crippen LogP contribution in [0.15, 0.2) is 126 Å². The van der Waals surface area contributed by atoms with Gasteiger partial charge in [-0.25, -0.2) is 0 Å². The molecule has 2 aliphatic rings. The van der Waals surface area contributed by atoms with Gasteiger partial charge >= 0.3 is 217 Å². The maximum atomic E-state index is 12.2. The number of halogens is 1. The molecule has 0 heterocycles. The summed E-state index contributed by atoms with van der Waals surface area (Å²) in [5.41, 5.74) is 0. The Balaban J connectivity index is 1.66. The Morgan fingerprint density at radius 1 is 0.771 bits per heavy atom. The molecular formula is C31H30BrO2P. The van der Waals surface area contributed by atoms with E-state index < -0.39 is 5.31 Å². The summed E-state index contributed by atoms with van der Waals surface area (Å²) in [5, 5.41) is 2.00. The van der Waals surface area contributed by atoms with Gasteiger partial charge in [-0.05, 0) is 0 Å². The minimum absolute atomic E-state index is 0.0954. The quantitative estimate of drug-likeness (QED) is 0.287.